The Balaban J connectivity index is 0.000000123. The molecule has 2 nitrogen and oxygen atoms in total. The minimum atomic E-state index is 1.11. The molecule has 0 fully saturated rings. The second-order valence-electron chi connectivity index (χ2n) is 5.29. The first-order chi connectivity index (χ1) is 9.88. The zero-order valence-electron chi connectivity index (χ0n) is 12.1. The molecular formula is C18H22N2. The number of rotatable bonds is 1. The van der Waals surface area contributed by atoms with Gasteiger partial charge in [0.1, 0.15) is 0 Å². The molecule has 2 heterocycles. The minimum Gasteiger partial charge on any atom is -0.384 e. The van der Waals surface area contributed by atoms with Crippen LogP contribution >= 0.6 is 0 Å². The van der Waals surface area contributed by atoms with E-state index in [4.69, 9.17) is 0 Å². The lowest BCUT2D eigenvalue weighted by atomic mass is 10.2. The van der Waals surface area contributed by atoms with Gasteiger partial charge in [-0.3, -0.25) is 0 Å². The summed E-state index contributed by atoms with van der Waals surface area (Å²) < 4.78 is 0. The number of nitrogens with one attached hydrogen (secondary N) is 1. The van der Waals surface area contributed by atoms with Crippen LogP contribution in [0.15, 0.2) is 48.5 Å². The van der Waals surface area contributed by atoms with Gasteiger partial charge in [0, 0.05) is 31.0 Å². The number of hydrogen-bond acceptors (Lipinski definition) is 2. The number of likely N-dealkylation sites (N-methyl/N-ethyl adjacent to an activating group) is 1. The average Bonchev–Trinajstić information content (AvgIpc) is 3.14. The maximum Gasteiger partial charge on any atom is 0.0399 e. The molecule has 0 spiro atoms. The van der Waals surface area contributed by atoms with E-state index in [-0.39, 0.29) is 0 Å². The Morgan fingerprint density at radius 3 is 2.50 bits per heavy atom. The van der Waals surface area contributed by atoms with Gasteiger partial charge in [-0.05, 0) is 43.0 Å². The van der Waals surface area contributed by atoms with Gasteiger partial charge in [0.15, 0.2) is 0 Å². The van der Waals surface area contributed by atoms with E-state index in [9.17, 15) is 0 Å². The highest BCUT2D eigenvalue weighted by Gasteiger charge is 2.15. The van der Waals surface area contributed by atoms with Crippen molar-refractivity contribution in [3.8, 4) is 0 Å². The van der Waals surface area contributed by atoms with Gasteiger partial charge in [0.2, 0.25) is 0 Å². The van der Waals surface area contributed by atoms with Crippen LogP contribution in [0.4, 0.5) is 11.4 Å². The van der Waals surface area contributed by atoms with Crippen LogP contribution in [0.3, 0.4) is 0 Å². The first-order valence-electron chi connectivity index (χ1n) is 7.53. The first-order valence-corrected chi connectivity index (χ1v) is 7.53. The molecule has 0 radical (unpaired) electrons. The Labute approximate surface area is 121 Å². The van der Waals surface area contributed by atoms with Crippen molar-refractivity contribution < 1.29 is 0 Å². The smallest absolute Gasteiger partial charge is 0.0399 e. The third kappa shape index (κ3) is 2.64. The predicted octanol–water partition coefficient (Wildman–Crippen LogP) is 3.72. The fourth-order valence-electron chi connectivity index (χ4n) is 2.98. The SMILES string of the molecule is CCN1CCc2ccccc21.c1ccc2c(c1)CCN2. The maximum atomic E-state index is 3.30. The second-order valence-corrected chi connectivity index (χ2v) is 5.29. The zero-order valence-corrected chi connectivity index (χ0v) is 12.1. The van der Waals surface area contributed by atoms with E-state index in [1.807, 2.05) is 0 Å². The summed E-state index contributed by atoms with van der Waals surface area (Å²) in [5.74, 6) is 0. The molecule has 0 aliphatic carbocycles. The fourth-order valence-corrected chi connectivity index (χ4v) is 2.98. The van der Waals surface area contributed by atoms with Gasteiger partial charge >= 0.3 is 0 Å². The normalized spacial score (nSPS) is 14.9. The Morgan fingerprint density at radius 1 is 0.950 bits per heavy atom. The standard InChI is InChI=1S/C10H13N.C8H9N/c1-2-11-8-7-9-5-3-4-6-10(9)11;1-2-4-8-7(3-1)5-6-9-8/h3-6H,2,7-8H2,1H3;1-4,9H,5-6H2. The molecule has 20 heavy (non-hydrogen) atoms. The van der Waals surface area contributed by atoms with Gasteiger partial charge in [-0.2, -0.15) is 0 Å². The predicted molar refractivity (Wildman–Crippen MR) is 86.7 cm³/mol. The molecule has 0 unspecified atom stereocenters. The second kappa shape index (κ2) is 6.00. The molecule has 0 aromatic heterocycles. The highest BCUT2D eigenvalue weighted by atomic mass is 15.1. The molecule has 0 bridgehead atoms. The first kappa shape index (κ1) is 13.0. The summed E-state index contributed by atoms with van der Waals surface area (Å²) in [6.07, 6.45) is 2.42. The number of nitrogens with zero attached hydrogens (tertiary/aromatic N) is 1. The molecular weight excluding hydrogens is 244 g/mol. The van der Waals surface area contributed by atoms with Crippen molar-refractivity contribution in [1.29, 1.82) is 0 Å². The number of para-hydroxylation sites is 2. The summed E-state index contributed by atoms with van der Waals surface area (Å²) >= 11 is 0. The molecule has 0 saturated carbocycles. The quantitative estimate of drug-likeness (QED) is 0.846. The molecule has 2 aliphatic rings. The molecule has 104 valence electrons. The fraction of sp³-hybridized carbons (Fsp3) is 0.333. The largest absolute Gasteiger partial charge is 0.384 e. The van der Waals surface area contributed by atoms with Gasteiger partial charge in [-0.25, -0.2) is 0 Å². The summed E-state index contributed by atoms with van der Waals surface area (Å²) in [5.41, 5.74) is 5.72. The third-order valence-electron chi connectivity index (χ3n) is 4.09. The topological polar surface area (TPSA) is 15.3 Å². The van der Waals surface area contributed by atoms with Crippen LogP contribution in [-0.2, 0) is 12.8 Å². The van der Waals surface area contributed by atoms with Gasteiger partial charge < -0.3 is 10.2 Å². The van der Waals surface area contributed by atoms with Crippen molar-refractivity contribution in [2.45, 2.75) is 19.8 Å². The summed E-state index contributed by atoms with van der Waals surface area (Å²) in [4.78, 5) is 2.43. The van der Waals surface area contributed by atoms with E-state index in [0.29, 0.717) is 0 Å². The van der Waals surface area contributed by atoms with Crippen molar-refractivity contribution in [2.24, 2.45) is 0 Å². The van der Waals surface area contributed by atoms with Crippen molar-refractivity contribution >= 4 is 11.4 Å². The van der Waals surface area contributed by atoms with E-state index in [2.05, 4.69) is 65.7 Å². The zero-order chi connectivity index (χ0) is 13.8. The van der Waals surface area contributed by atoms with Gasteiger partial charge in [-0.1, -0.05) is 36.4 Å². The van der Waals surface area contributed by atoms with E-state index in [0.717, 1.165) is 13.1 Å². The van der Waals surface area contributed by atoms with Crippen molar-refractivity contribution in [3.05, 3.63) is 59.7 Å². The molecule has 1 N–H and O–H groups in total. The molecule has 0 amide bonds. The summed E-state index contributed by atoms with van der Waals surface area (Å²) in [5, 5.41) is 3.30. The molecule has 2 aromatic carbocycles. The van der Waals surface area contributed by atoms with Crippen molar-refractivity contribution in [3.63, 3.8) is 0 Å². The van der Waals surface area contributed by atoms with Crippen LogP contribution in [0.1, 0.15) is 18.1 Å². The van der Waals surface area contributed by atoms with E-state index in [1.54, 1.807) is 0 Å². The number of fused-ring (bicyclic) bond motifs is 2. The van der Waals surface area contributed by atoms with Crippen LogP contribution in [0.25, 0.3) is 0 Å². The molecule has 0 saturated heterocycles. The van der Waals surface area contributed by atoms with E-state index in [1.165, 1.54) is 41.9 Å². The van der Waals surface area contributed by atoms with Crippen LogP contribution in [-0.4, -0.2) is 19.6 Å². The summed E-state index contributed by atoms with van der Waals surface area (Å²) in [7, 11) is 0. The van der Waals surface area contributed by atoms with E-state index >= 15 is 0 Å². The van der Waals surface area contributed by atoms with Gasteiger partial charge in [-0.15, -0.1) is 0 Å². The highest BCUT2D eigenvalue weighted by molar-refractivity contribution is 5.57. The lowest BCUT2D eigenvalue weighted by Crippen LogP contribution is -2.18. The van der Waals surface area contributed by atoms with Crippen LogP contribution in [0, 0.1) is 0 Å². The Bertz CT molecular complexity index is 554. The van der Waals surface area contributed by atoms with Crippen LogP contribution in [0.2, 0.25) is 0 Å². The lowest BCUT2D eigenvalue weighted by Gasteiger charge is -2.15. The highest BCUT2D eigenvalue weighted by Crippen LogP contribution is 2.26. The number of hydrogen-bond donors (Lipinski definition) is 1. The molecule has 2 aromatic rings. The Hall–Kier alpha value is -1.96. The van der Waals surface area contributed by atoms with Crippen molar-refractivity contribution in [1.82, 2.24) is 0 Å². The summed E-state index contributed by atoms with van der Waals surface area (Å²) in [6, 6.07) is 17.1. The Kier molecular flexibility index (Phi) is 3.91. The van der Waals surface area contributed by atoms with Crippen molar-refractivity contribution in [2.75, 3.05) is 29.9 Å². The van der Waals surface area contributed by atoms with Gasteiger partial charge in [0.05, 0.1) is 0 Å². The summed E-state index contributed by atoms with van der Waals surface area (Å²) in [6.45, 7) is 5.66. The van der Waals surface area contributed by atoms with Crippen LogP contribution < -0.4 is 10.2 Å². The molecule has 2 aliphatic heterocycles. The minimum absolute atomic E-state index is 1.11. The molecule has 2 heteroatoms. The lowest BCUT2D eigenvalue weighted by molar-refractivity contribution is 0.868. The third-order valence-corrected chi connectivity index (χ3v) is 4.09. The van der Waals surface area contributed by atoms with Crippen LogP contribution in [0.5, 0.6) is 0 Å². The average molecular weight is 266 g/mol. The number of benzene rings is 2. The maximum absolute atomic E-state index is 3.30. The van der Waals surface area contributed by atoms with E-state index < -0.39 is 0 Å². The molecule has 0 atom stereocenters. The molecule has 4 rings (SSSR count). The Morgan fingerprint density at radius 2 is 1.70 bits per heavy atom. The number of anilines is 2. The monoisotopic (exact) mass is 266 g/mol. The van der Waals surface area contributed by atoms with Gasteiger partial charge in [0.25, 0.3) is 0 Å².